The molecule has 11 nitrogen and oxygen atoms in total. The van der Waals surface area contributed by atoms with Crippen molar-refractivity contribution in [2.24, 2.45) is 0 Å². The molecule has 0 radical (unpaired) electrons. The fraction of sp³-hybridized carbons (Fsp3) is 0.375. The molecule has 0 saturated heterocycles. The molecular formula is C64H84F4N4O7P2. The molecule has 0 aliphatic carbocycles. The van der Waals surface area contributed by atoms with E-state index in [4.69, 9.17) is 22.4 Å². The molecule has 0 saturated carbocycles. The Bertz CT molecular complexity index is 2620. The van der Waals surface area contributed by atoms with Crippen LogP contribution < -0.4 is 21.3 Å². The van der Waals surface area contributed by atoms with Crippen LogP contribution >= 0.6 is 15.6 Å². The number of phosphoric acid groups is 2. The van der Waals surface area contributed by atoms with Gasteiger partial charge in [-0.15, -0.1) is 0 Å². The highest BCUT2D eigenvalue weighted by Crippen LogP contribution is 2.68. The highest BCUT2D eigenvalue weighted by Gasteiger charge is 2.47. The molecule has 0 aromatic heterocycles. The molecule has 440 valence electrons. The second kappa shape index (κ2) is 34.4. The van der Waals surface area contributed by atoms with Crippen molar-refractivity contribution in [3.63, 3.8) is 0 Å². The minimum absolute atomic E-state index is 0.209. The Hall–Kier alpha value is -6.02. The molecule has 0 aliphatic heterocycles. The van der Waals surface area contributed by atoms with Gasteiger partial charge in [0.2, 0.25) is 0 Å². The molecule has 0 aliphatic rings. The first-order valence-electron chi connectivity index (χ1n) is 27.3. The van der Waals surface area contributed by atoms with Gasteiger partial charge in [-0.2, -0.15) is 4.31 Å². The predicted molar refractivity (Wildman–Crippen MR) is 326 cm³/mol. The van der Waals surface area contributed by atoms with E-state index in [1.807, 2.05) is 83.1 Å². The van der Waals surface area contributed by atoms with Gasteiger partial charge in [0.15, 0.2) is 24.9 Å². The van der Waals surface area contributed by atoms with E-state index in [9.17, 15) is 17.6 Å². The molecule has 4 aromatic carbocycles. The zero-order valence-corrected chi connectivity index (χ0v) is 50.9. The van der Waals surface area contributed by atoms with E-state index in [2.05, 4.69) is 45.6 Å². The van der Waals surface area contributed by atoms with Gasteiger partial charge < -0.3 is 21.3 Å². The summed E-state index contributed by atoms with van der Waals surface area (Å²) in [6.45, 7) is 23.2. The average molecular weight is 1160 g/mol. The lowest BCUT2D eigenvalue weighted by atomic mass is 10.1. The topological polar surface area (TPSA) is 128 Å². The van der Waals surface area contributed by atoms with Crippen molar-refractivity contribution in [3.05, 3.63) is 214 Å². The first-order valence-corrected chi connectivity index (χ1v) is 30.2. The summed E-state index contributed by atoms with van der Waals surface area (Å²) in [5.74, 6) is -2.33. The second-order valence-corrected chi connectivity index (χ2v) is 24.3. The zero-order valence-electron chi connectivity index (χ0n) is 49.1. The van der Waals surface area contributed by atoms with Crippen LogP contribution in [-0.2, 0) is 31.5 Å². The highest BCUT2D eigenvalue weighted by atomic mass is 31.3. The van der Waals surface area contributed by atoms with Crippen LogP contribution in [0.2, 0.25) is 0 Å². The van der Waals surface area contributed by atoms with Crippen molar-refractivity contribution < 1.29 is 49.1 Å². The summed E-state index contributed by atoms with van der Waals surface area (Å²) in [6.07, 6.45) is 13.4. The van der Waals surface area contributed by atoms with Crippen LogP contribution in [0.3, 0.4) is 0 Å². The first-order chi connectivity index (χ1) is 38.3. The first kappa shape index (κ1) is 67.5. The number of phosphoric ester groups is 2. The maximum atomic E-state index is 16.5. The zero-order chi connectivity index (χ0) is 59.5. The van der Waals surface area contributed by atoms with Gasteiger partial charge in [0.25, 0.3) is 0 Å². The molecule has 4 unspecified atom stereocenters. The van der Waals surface area contributed by atoms with Crippen molar-refractivity contribution in [1.82, 2.24) is 0 Å². The van der Waals surface area contributed by atoms with Gasteiger partial charge in [0, 0.05) is 22.7 Å². The van der Waals surface area contributed by atoms with Crippen LogP contribution in [0, 0.1) is 23.3 Å². The molecule has 17 heteroatoms. The third-order valence-electron chi connectivity index (χ3n) is 11.8. The Morgan fingerprint density at radius 2 is 0.593 bits per heavy atom. The SMILES string of the molecule is CC(C)=CCC/C(C)=C/C(Nc1cccc(F)c1)OP(=O)(OC(/C=C(\C)CCC=C(C)C)Nc1cccc(F)c1)OP(=O)(OC(/C=C(\C)CCC=C(C)C)Nc1cccc(F)c1)OC(/C=C(\C)CCC=C(C)C)Nc1cccc(F)c1. The Morgan fingerprint density at radius 1 is 0.383 bits per heavy atom. The van der Waals surface area contributed by atoms with Crippen molar-refractivity contribution in [3.8, 4) is 0 Å². The van der Waals surface area contributed by atoms with E-state index in [0.717, 1.165) is 44.6 Å². The molecule has 0 fully saturated rings. The predicted octanol–water partition coefficient (Wildman–Crippen LogP) is 20.4. The van der Waals surface area contributed by atoms with E-state index in [0.29, 0.717) is 51.4 Å². The number of hydrogen-bond acceptors (Lipinski definition) is 11. The third kappa shape index (κ3) is 28.5. The maximum absolute atomic E-state index is 16.5. The molecule has 0 bridgehead atoms. The van der Waals surface area contributed by atoms with Crippen molar-refractivity contribution in [2.75, 3.05) is 21.3 Å². The monoisotopic (exact) mass is 1160 g/mol. The summed E-state index contributed by atoms with van der Waals surface area (Å²) in [6, 6.07) is 22.1. The summed E-state index contributed by atoms with van der Waals surface area (Å²) in [4.78, 5) is 0. The minimum Gasteiger partial charge on any atom is -0.356 e. The van der Waals surface area contributed by atoms with Gasteiger partial charge >= 0.3 is 15.6 Å². The lowest BCUT2D eigenvalue weighted by Gasteiger charge is -2.32. The summed E-state index contributed by atoms with van der Waals surface area (Å²) >= 11 is 0. The number of anilines is 4. The van der Waals surface area contributed by atoms with Crippen LogP contribution in [0.1, 0.15) is 134 Å². The highest BCUT2D eigenvalue weighted by molar-refractivity contribution is 7.62. The number of nitrogens with one attached hydrogen (secondary N) is 4. The van der Waals surface area contributed by atoms with Crippen LogP contribution in [0.15, 0.2) is 190 Å². The van der Waals surface area contributed by atoms with Crippen molar-refractivity contribution >= 4 is 38.4 Å². The molecule has 4 N–H and O–H groups in total. The van der Waals surface area contributed by atoms with Crippen LogP contribution in [0.25, 0.3) is 0 Å². The number of hydrogen-bond donors (Lipinski definition) is 4. The van der Waals surface area contributed by atoms with Crippen LogP contribution in [0.4, 0.5) is 40.3 Å². The van der Waals surface area contributed by atoms with Gasteiger partial charge in [-0.05, 0) is 232 Å². The van der Waals surface area contributed by atoms with E-state index in [-0.39, 0.29) is 22.7 Å². The second-order valence-electron chi connectivity index (χ2n) is 21.0. The molecule has 0 spiro atoms. The van der Waals surface area contributed by atoms with Crippen LogP contribution in [0.5, 0.6) is 0 Å². The molecule has 0 heterocycles. The van der Waals surface area contributed by atoms with E-state index in [1.54, 1.807) is 48.6 Å². The largest absolute Gasteiger partial charge is 0.488 e. The Balaban J connectivity index is 2.09. The van der Waals surface area contributed by atoms with Gasteiger partial charge in [0.1, 0.15) is 23.3 Å². The quantitative estimate of drug-likeness (QED) is 0.0154. The summed E-state index contributed by atoms with van der Waals surface area (Å²) in [5, 5.41) is 12.4. The summed E-state index contributed by atoms with van der Waals surface area (Å²) in [5.41, 5.74) is 8.22. The molecular weight excluding hydrogens is 1070 g/mol. The standard InChI is InChI=1S/C64H84F4N4O7P2/c1-45(2)21-13-25-49(9)37-61(69-57-33-17-29-53(65)41-57)75-80(73,76-62(38-50(10)26-14-22-46(3)4)70-58-34-18-30-54(66)42-58)79-81(74,77-63(39-51(11)27-15-23-47(5)6)71-59-35-19-31-55(67)43-59)78-64(40-52(12)28-16-24-48(7)8)72-60-36-20-32-56(68)44-60/h17-24,29-44,61-64,69-72H,13-16,25-28H2,1-12H3/b49-37+,50-38+,51-39+,52-40+. The fourth-order valence-electron chi connectivity index (χ4n) is 7.89. The summed E-state index contributed by atoms with van der Waals surface area (Å²) < 4.78 is 125. The summed E-state index contributed by atoms with van der Waals surface area (Å²) in [7, 11) is -11.1. The van der Waals surface area contributed by atoms with E-state index < -0.39 is 63.8 Å². The number of allylic oxidation sites excluding steroid dienone is 12. The lowest BCUT2D eigenvalue weighted by molar-refractivity contribution is 0.0825. The van der Waals surface area contributed by atoms with Crippen molar-refractivity contribution in [2.45, 2.75) is 159 Å². The molecule has 4 atom stereocenters. The molecule has 4 aromatic rings. The average Bonchev–Trinajstić information content (AvgIpc) is 3.39. The van der Waals surface area contributed by atoms with Crippen LogP contribution in [-0.4, -0.2) is 24.9 Å². The van der Waals surface area contributed by atoms with Gasteiger partial charge in [-0.3, -0.25) is 18.1 Å². The van der Waals surface area contributed by atoms with Gasteiger partial charge in [-0.1, -0.05) is 93.2 Å². The molecule has 4 rings (SSSR count). The Kier molecular flexibility index (Phi) is 28.7. The lowest BCUT2D eigenvalue weighted by Crippen LogP contribution is -2.28. The number of halogens is 4. The Morgan fingerprint density at radius 3 is 0.778 bits per heavy atom. The van der Waals surface area contributed by atoms with Gasteiger partial charge in [-0.25, -0.2) is 26.7 Å². The number of rotatable bonds is 34. The molecule has 81 heavy (non-hydrogen) atoms. The molecule has 0 amide bonds. The minimum atomic E-state index is -5.54. The van der Waals surface area contributed by atoms with E-state index in [1.165, 1.54) is 72.8 Å². The van der Waals surface area contributed by atoms with Crippen molar-refractivity contribution in [1.29, 1.82) is 0 Å². The number of benzene rings is 4. The van der Waals surface area contributed by atoms with E-state index >= 15 is 9.13 Å². The Labute approximate surface area is 479 Å². The van der Waals surface area contributed by atoms with Gasteiger partial charge in [0.05, 0.1) is 0 Å². The normalized spacial score (nSPS) is 15.2. The third-order valence-corrected chi connectivity index (χ3v) is 15.4. The smallest absolute Gasteiger partial charge is 0.356 e. The maximum Gasteiger partial charge on any atom is 0.488 e. The fourth-order valence-corrected chi connectivity index (χ4v) is 11.2.